The van der Waals surface area contributed by atoms with Crippen molar-refractivity contribution < 1.29 is 0 Å². The van der Waals surface area contributed by atoms with E-state index in [-0.39, 0.29) is 0 Å². The van der Waals surface area contributed by atoms with Crippen molar-refractivity contribution in [3.8, 4) is 0 Å². The largest absolute Gasteiger partial charge is 0.0848 e. The van der Waals surface area contributed by atoms with E-state index in [2.05, 4.69) is 19.1 Å². The molecule has 4 bridgehead atoms. The SMILES string of the molecule is CCCCCCC1C2CCC34C5C=CC(C5)C3C1CC24. The van der Waals surface area contributed by atoms with Crippen LogP contribution in [0, 0.1) is 46.8 Å². The molecule has 0 aromatic rings. The van der Waals surface area contributed by atoms with Gasteiger partial charge in [-0.05, 0) is 78.9 Å². The Hall–Kier alpha value is -0.260. The topological polar surface area (TPSA) is 0 Å². The summed E-state index contributed by atoms with van der Waals surface area (Å²) >= 11 is 0. The van der Waals surface area contributed by atoms with E-state index < -0.39 is 0 Å². The first kappa shape index (κ1) is 12.3. The second-order valence-electron chi connectivity index (χ2n) is 8.75. The molecule has 0 radical (unpaired) electrons. The van der Waals surface area contributed by atoms with Gasteiger partial charge in [-0.1, -0.05) is 44.8 Å². The second-order valence-corrected chi connectivity index (χ2v) is 8.75. The van der Waals surface area contributed by atoms with Gasteiger partial charge >= 0.3 is 0 Å². The predicted molar refractivity (Wildman–Crippen MR) is 83.2 cm³/mol. The average Bonchev–Trinajstić information content (AvgIpc) is 3.18. The molecule has 0 aromatic carbocycles. The minimum absolute atomic E-state index is 0.842. The first-order valence-corrected chi connectivity index (χ1v) is 9.54. The van der Waals surface area contributed by atoms with Crippen LogP contribution in [0.3, 0.4) is 0 Å². The molecule has 0 aromatic heterocycles. The van der Waals surface area contributed by atoms with E-state index in [1.165, 1.54) is 25.7 Å². The maximum Gasteiger partial charge on any atom is -0.0165 e. The van der Waals surface area contributed by atoms with E-state index in [4.69, 9.17) is 0 Å². The number of unbranched alkanes of at least 4 members (excludes halogenated alkanes) is 3. The minimum atomic E-state index is 0.842. The molecule has 1 spiro atoms. The van der Waals surface area contributed by atoms with Crippen LogP contribution in [0.5, 0.6) is 0 Å². The van der Waals surface area contributed by atoms with Gasteiger partial charge in [-0.25, -0.2) is 0 Å². The van der Waals surface area contributed by atoms with Crippen LogP contribution < -0.4 is 0 Å². The van der Waals surface area contributed by atoms with E-state index >= 15 is 0 Å². The lowest BCUT2D eigenvalue weighted by molar-refractivity contribution is 0.0441. The van der Waals surface area contributed by atoms with Crippen LogP contribution in [-0.2, 0) is 0 Å². The van der Waals surface area contributed by atoms with Crippen molar-refractivity contribution in [2.24, 2.45) is 46.8 Å². The Morgan fingerprint density at radius 1 is 1.05 bits per heavy atom. The van der Waals surface area contributed by atoms with Crippen molar-refractivity contribution in [3.63, 3.8) is 0 Å². The number of fused-ring (bicyclic) bond motifs is 5. The van der Waals surface area contributed by atoms with E-state index in [0.29, 0.717) is 0 Å². The zero-order chi connectivity index (χ0) is 13.3. The van der Waals surface area contributed by atoms with E-state index in [0.717, 1.165) is 46.8 Å². The molecule has 8 unspecified atom stereocenters. The molecule has 0 nitrogen and oxygen atoms in total. The normalized spacial score (nSPS) is 57.0. The Morgan fingerprint density at radius 2 is 2.00 bits per heavy atom. The van der Waals surface area contributed by atoms with Crippen LogP contribution in [0.25, 0.3) is 0 Å². The summed E-state index contributed by atoms with van der Waals surface area (Å²) in [5, 5.41) is 0. The Kier molecular flexibility index (Phi) is 2.55. The lowest BCUT2D eigenvalue weighted by Gasteiger charge is -2.45. The zero-order valence-electron chi connectivity index (χ0n) is 13.1. The Bertz CT molecular complexity index is 435. The van der Waals surface area contributed by atoms with Gasteiger partial charge in [0.05, 0.1) is 0 Å². The van der Waals surface area contributed by atoms with Crippen LogP contribution in [-0.4, -0.2) is 0 Å². The molecule has 5 rings (SSSR count). The lowest BCUT2D eigenvalue weighted by Crippen LogP contribution is -2.40. The van der Waals surface area contributed by atoms with Gasteiger partial charge in [-0.3, -0.25) is 0 Å². The smallest absolute Gasteiger partial charge is 0.0165 e. The Balaban J connectivity index is 1.38. The monoisotopic (exact) mass is 270 g/mol. The number of rotatable bonds is 5. The summed E-state index contributed by atoms with van der Waals surface area (Å²) in [6.45, 7) is 2.34. The third-order valence-corrected chi connectivity index (χ3v) is 8.49. The van der Waals surface area contributed by atoms with Crippen molar-refractivity contribution in [1.82, 2.24) is 0 Å². The van der Waals surface area contributed by atoms with E-state index in [1.54, 1.807) is 32.1 Å². The van der Waals surface area contributed by atoms with Gasteiger partial charge in [-0.15, -0.1) is 0 Å². The summed E-state index contributed by atoms with van der Waals surface area (Å²) in [7, 11) is 0. The number of allylic oxidation sites excluding steroid dienone is 2. The molecule has 4 saturated carbocycles. The minimum Gasteiger partial charge on any atom is -0.0848 e. The fourth-order valence-electron chi connectivity index (χ4n) is 8.17. The van der Waals surface area contributed by atoms with Gasteiger partial charge < -0.3 is 0 Å². The van der Waals surface area contributed by atoms with Crippen molar-refractivity contribution in [2.45, 2.75) is 64.7 Å². The fourth-order valence-corrected chi connectivity index (χ4v) is 8.17. The molecule has 4 fully saturated rings. The van der Waals surface area contributed by atoms with Crippen molar-refractivity contribution in [2.75, 3.05) is 0 Å². The highest BCUT2D eigenvalue weighted by Crippen LogP contribution is 2.80. The summed E-state index contributed by atoms with van der Waals surface area (Å²) in [5.41, 5.74) is 0.842. The third-order valence-electron chi connectivity index (χ3n) is 8.49. The standard InChI is InChI=1S/C20H30/c1-2-3-4-5-6-15-16-9-10-20-14-8-7-13(11-14)19(20)17(15)12-18(16)20/h7-8,13-19H,2-6,9-12H2,1H3. The van der Waals surface area contributed by atoms with Crippen molar-refractivity contribution in [3.05, 3.63) is 12.2 Å². The average molecular weight is 270 g/mol. The molecule has 20 heavy (non-hydrogen) atoms. The second kappa shape index (κ2) is 4.14. The molecule has 110 valence electrons. The molecule has 8 atom stereocenters. The quantitative estimate of drug-likeness (QED) is 0.461. The zero-order valence-corrected chi connectivity index (χ0v) is 13.1. The van der Waals surface area contributed by atoms with Gasteiger partial charge in [0.15, 0.2) is 0 Å². The molecule has 5 aliphatic carbocycles. The van der Waals surface area contributed by atoms with Gasteiger partial charge in [0.25, 0.3) is 0 Å². The van der Waals surface area contributed by atoms with Crippen LogP contribution >= 0.6 is 0 Å². The Morgan fingerprint density at radius 3 is 2.90 bits per heavy atom. The van der Waals surface area contributed by atoms with Gasteiger partial charge in [0.2, 0.25) is 0 Å². The molecule has 0 saturated heterocycles. The van der Waals surface area contributed by atoms with E-state index in [1.807, 2.05) is 0 Å². The lowest BCUT2D eigenvalue weighted by atomic mass is 9.59. The third kappa shape index (κ3) is 1.26. The highest BCUT2D eigenvalue weighted by molar-refractivity contribution is 5.29. The van der Waals surface area contributed by atoms with Gasteiger partial charge in [0, 0.05) is 0 Å². The van der Waals surface area contributed by atoms with Crippen LogP contribution in [0.4, 0.5) is 0 Å². The van der Waals surface area contributed by atoms with Crippen LogP contribution in [0.2, 0.25) is 0 Å². The first-order valence-electron chi connectivity index (χ1n) is 9.54. The van der Waals surface area contributed by atoms with Crippen molar-refractivity contribution in [1.29, 1.82) is 0 Å². The molecule has 5 aliphatic rings. The van der Waals surface area contributed by atoms with Gasteiger partial charge in [0.1, 0.15) is 0 Å². The van der Waals surface area contributed by atoms with Crippen molar-refractivity contribution >= 4 is 0 Å². The number of hydrogen-bond acceptors (Lipinski definition) is 0. The van der Waals surface area contributed by atoms with Crippen LogP contribution in [0.15, 0.2) is 12.2 Å². The molecule has 0 heteroatoms. The highest BCUT2D eigenvalue weighted by atomic mass is 14.8. The summed E-state index contributed by atoms with van der Waals surface area (Å²) in [6.07, 6.45) is 19.1. The molecule has 0 aliphatic heterocycles. The van der Waals surface area contributed by atoms with E-state index in [9.17, 15) is 0 Å². The summed E-state index contributed by atoms with van der Waals surface area (Å²) in [6, 6.07) is 0. The molecular weight excluding hydrogens is 240 g/mol. The molecular formula is C20H30. The summed E-state index contributed by atoms with van der Waals surface area (Å²) in [5.74, 6) is 7.77. The number of hydrogen-bond donors (Lipinski definition) is 0. The predicted octanol–water partition coefficient (Wildman–Crippen LogP) is 5.44. The summed E-state index contributed by atoms with van der Waals surface area (Å²) in [4.78, 5) is 0. The maximum absolute atomic E-state index is 2.64. The Labute approximate surface area is 124 Å². The highest BCUT2D eigenvalue weighted by Gasteiger charge is 2.74. The summed E-state index contributed by atoms with van der Waals surface area (Å²) < 4.78 is 0. The molecule has 0 N–H and O–H groups in total. The molecule has 0 heterocycles. The molecule has 0 amide bonds. The van der Waals surface area contributed by atoms with Crippen LogP contribution in [0.1, 0.15) is 64.7 Å². The maximum atomic E-state index is 2.64. The fraction of sp³-hybridized carbons (Fsp3) is 0.900. The first-order chi connectivity index (χ1) is 9.86. The van der Waals surface area contributed by atoms with Gasteiger partial charge in [-0.2, -0.15) is 0 Å².